The number of ether oxygens (including phenoxy) is 2. The number of halogens is 2. The predicted molar refractivity (Wildman–Crippen MR) is 104 cm³/mol. The molecule has 1 saturated carbocycles. The zero-order chi connectivity index (χ0) is 21.7. The van der Waals surface area contributed by atoms with Crippen LogP contribution < -0.4 is 5.32 Å². The van der Waals surface area contributed by atoms with Crippen LogP contribution in [-0.4, -0.2) is 47.1 Å². The highest BCUT2D eigenvalue weighted by molar-refractivity contribution is 5.85. The molecule has 1 aliphatic rings. The number of aliphatic hydroxyl groups is 2. The molecule has 30 heavy (non-hydrogen) atoms. The summed E-state index contributed by atoms with van der Waals surface area (Å²) in [5, 5.41) is 23.3. The van der Waals surface area contributed by atoms with Gasteiger partial charge in [-0.2, -0.15) is 0 Å². The summed E-state index contributed by atoms with van der Waals surface area (Å²) in [5.74, 6) is -1.39. The maximum atomic E-state index is 13.9. The second kappa shape index (κ2) is 9.61. The minimum absolute atomic E-state index is 0.0608. The van der Waals surface area contributed by atoms with E-state index in [-0.39, 0.29) is 31.6 Å². The van der Waals surface area contributed by atoms with E-state index in [0.29, 0.717) is 5.56 Å². The van der Waals surface area contributed by atoms with Crippen LogP contribution in [0, 0.1) is 11.6 Å². The molecule has 162 valence electrons. The molecule has 0 saturated heterocycles. The molecule has 0 spiro atoms. The van der Waals surface area contributed by atoms with Gasteiger partial charge < -0.3 is 25.0 Å². The van der Waals surface area contributed by atoms with E-state index in [2.05, 4.69) is 5.32 Å². The molecule has 0 heterocycles. The lowest BCUT2D eigenvalue weighted by molar-refractivity contribution is -0.200. The molecule has 0 bridgehead atoms. The summed E-state index contributed by atoms with van der Waals surface area (Å²) in [6.45, 7) is -0.219. The second-order valence-corrected chi connectivity index (χ2v) is 7.40. The Morgan fingerprint density at radius 1 is 1.13 bits per heavy atom. The Labute approximate surface area is 173 Å². The smallest absolute Gasteiger partial charge is 0.252 e. The van der Waals surface area contributed by atoms with Crippen molar-refractivity contribution in [3.63, 3.8) is 0 Å². The van der Waals surface area contributed by atoms with Crippen LogP contribution in [0.1, 0.15) is 24.0 Å². The molecule has 1 aliphatic carbocycles. The van der Waals surface area contributed by atoms with Crippen molar-refractivity contribution in [2.45, 2.75) is 50.0 Å². The number of carbonyl (C=O) groups excluding carboxylic acids is 1. The number of likely N-dealkylation sites (N-methyl/N-ethyl adjacent to an activating group) is 1. The number of hydrogen-bond acceptors (Lipinski definition) is 5. The number of hydrogen-bond donors (Lipinski definition) is 3. The molecule has 3 rings (SSSR count). The van der Waals surface area contributed by atoms with Crippen molar-refractivity contribution < 1.29 is 33.3 Å². The molecular weight excluding hydrogens is 396 g/mol. The fourth-order valence-electron chi connectivity index (χ4n) is 3.65. The van der Waals surface area contributed by atoms with Crippen LogP contribution in [0.4, 0.5) is 8.78 Å². The Morgan fingerprint density at radius 3 is 2.60 bits per heavy atom. The SMILES string of the molecule is CNC(=O)[C@]1(OCc2cccc(F)c2)C[C@@H](O)[C@@H](O)[C@@H](OCc2ccccc2F)C1. The summed E-state index contributed by atoms with van der Waals surface area (Å²) in [6, 6.07) is 11.8. The van der Waals surface area contributed by atoms with Gasteiger partial charge in [-0.3, -0.25) is 4.79 Å². The van der Waals surface area contributed by atoms with E-state index < -0.39 is 41.5 Å². The van der Waals surface area contributed by atoms with Gasteiger partial charge in [-0.15, -0.1) is 0 Å². The molecule has 2 aromatic carbocycles. The second-order valence-electron chi connectivity index (χ2n) is 7.40. The first-order chi connectivity index (χ1) is 14.3. The Bertz CT molecular complexity index is 880. The molecule has 1 amide bonds. The quantitative estimate of drug-likeness (QED) is 0.637. The van der Waals surface area contributed by atoms with Crippen molar-refractivity contribution in [2.24, 2.45) is 0 Å². The molecule has 0 unspecified atom stereocenters. The maximum absolute atomic E-state index is 13.9. The average molecular weight is 421 g/mol. The molecule has 1 fully saturated rings. The minimum atomic E-state index is -1.50. The van der Waals surface area contributed by atoms with Gasteiger partial charge in [0.25, 0.3) is 5.91 Å². The average Bonchev–Trinajstić information content (AvgIpc) is 2.74. The third-order valence-corrected chi connectivity index (χ3v) is 5.30. The van der Waals surface area contributed by atoms with Gasteiger partial charge in [-0.05, 0) is 23.8 Å². The highest BCUT2D eigenvalue weighted by atomic mass is 19.1. The highest BCUT2D eigenvalue weighted by Gasteiger charge is 2.51. The monoisotopic (exact) mass is 421 g/mol. The Kier molecular flexibility index (Phi) is 7.14. The predicted octanol–water partition coefficient (Wildman–Crippen LogP) is 2.07. The van der Waals surface area contributed by atoms with E-state index in [1.807, 2.05) is 0 Å². The summed E-state index contributed by atoms with van der Waals surface area (Å²) in [6.07, 6.45) is -3.77. The summed E-state index contributed by atoms with van der Waals surface area (Å²) in [4.78, 5) is 12.7. The van der Waals surface area contributed by atoms with E-state index in [4.69, 9.17) is 9.47 Å². The van der Waals surface area contributed by atoms with E-state index in [1.54, 1.807) is 24.3 Å². The number of nitrogens with one attached hydrogen (secondary N) is 1. The molecule has 4 atom stereocenters. The first-order valence-electron chi connectivity index (χ1n) is 9.66. The van der Waals surface area contributed by atoms with Crippen LogP contribution in [0.2, 0.25) is 0 Å². The molecule has 0 radical (unpaired) electrons. The third kappa shape index (κ3) is 5.02. The number of carbonyl (C=O) groups is 1. The van der Waals surface area contributed by atoms with Gasteiger partial charge in [-0.25, -0.2) is 8.78 Å². The van der Waals surface area contributed by atoms with E-state index in [9.17, 15) is 23.8 Å². The largest absolute Gasteiger partial charge is 0.390 e. The van der Waals surface area contributed by atoms with Crippen LogP contribution >= 0.6 is 0 Å². The lowest BCUT2D eigenvalue weighted by Gasteiger charge is -2.43. The zero-order valence-electron chi connectivity index (χ0n) is 16.6. The fraction of sp³-hybridized carbons (Fsp3) is 0.409. The van der Waals surface area contributed by atoms with Crippen molar-refractivity contribution in [1.82, 2.24) is 5.32 Å². The Hall–Kier alpha value is -2.39. The van der Waals surface area contributed by atoms with E-state index in [1.165, 1.54) is 31.3 Å². The van der Waals surface area contributed by atoms with Crippen molar-refractivity contribution in [3.05, 3.63) is 71.3 Å². The van der Waals surface area contributed by atoms with Gasteiger partial charge in [0.15, 0.2) is 5.60 Å². The molecule has 8 heteroatoms. The van der Waals surface area contributed by atoms with E-state index >= 15 is 0 Å². The molecular formula is C22H25F2NO5. The van der Waals surface area contributed by atoms with Gasteiger partial charge >= 0.3 is 0 Å². The van der Waals surface area contributed by atoms with Crippen LogP contribution in [0.3, 0.4) is 0 Å². The topological polar surface area (TPSA) is 88.0 Å². The van der Waals surface area contributed by atoms with Crippen LogP contribution in [0.5, 0.6) is 0 Å². The minimum Gasteiger partial charge on any atom is -0.390 e. The van der Waals surface area contributed by atoms with Gasteiger partial charge in [0.05, 0.1) is 25.4 Å². The zero-order valence-corrected chi connectivity index (χ0v) is 16.6. The lowest BCUT2D eigenvalue weighted by atomic mass is 9.78. The van der Waals surface area contributed by atoms with Crippen LogP contribution in [0.25, 0.3) is 0 Å². The highest BCUT2D eigenvalue weighted by Crippen LogP contribution is 2.35. The molecule has 2 aromatic rings. The fourth-order valence-corrected chi connectivity index (χ4v) is 3.65. The third-order valence-electron chi connectivity index (χ3n) is 5.30. The summed E-state index contributed by atoms with van der Waals surface area (Å²) < 4.78 is 38.9. The molecule has 3 N–H and O–H groups in total. The summed E-state index contributed by atoms with van der Waals surface area (Å²) in [7, 11) is 1.43. The van der Waals surface area contributed by atoms with Crippen molar-refractivity contribution in [1.29, 1.82) is 0 Å². The van der Waals surface area contributed by atoms with Crippen LogP contribution in [0.15, 0.2) is 48.5 Å². The first-order valence-corrected chi connectivity index (χ1v) is 9.66. The molecule has 6 nitrogen and oxygen atoms in total. The van der Waals surface area contributed by atoms with Crippen molar-refractivity contribution in [2.75, 3.05) is 7.05 Å². The normalized spacial score (nSPS) is 26.4. The van der Waals surface area contributed by atoms with Gasteiger partial charge in [0.2, 0.25) is 0 Å². The molecule has 0 aliphatic heterocycles. The van der Waals surface area contributed by atoms with Crippen molar-refractivity contribution >= 4 is 5.91 Å². The number of aliphatic hydroxyl groups excluding tert-OH is 2. The van der Waals surface area contributed by atoms with Crippen molar-refractivity contribution in [3.8, 4) is 0 Å². The maximum Gasteiger partial charge on any atom is 0.252 e. The van der Waals surface area contributed by atoms with Gasteiger partial charge in [0, 0.05) is 25.5 Å². The first kappa shape index (κ1) is 22.3. The number of benzene rings is 2. The van der Waals surface area contributed by atoms with Gasteiger partial charge in [0.1, 0.15) is 17.7 Å². The standard InChI is InChI=1S/C22H25F2NO5/c1-25-21(28)22(30-12-14-5-4-7-16(23)9-14)10-18(26)20(27)19(11-22)29-13-15-6-2-3-8-17(15)24/h2-9,18-20,26-27H,10-13H2,1H3,(H,25,28)/t18-,19+,20-,22+/m1/s1. The number of amides is 1. The Morgan fingerprint density at radius 2 is 1.90 bits per heavy atom. The summed E-state index contributed by atoms with van der Waals surface area (Å²) in [5.41, 5.74) is -0.696. The number of rotatable bonds is 7. The molecule has 0 aromatic heterocycles. The Balaban J connectivity index is 1.77. The van der Waals surface area contributed by atoms with E-state index in [0.717, 1.165) is 0 Å². The van der Waals surface area contributed by atoms with Gasteiger partial charge in [-0.1, -0.05) is 30.3 Å². The van der Waals surface area contributed by atoms with Crippen LogP contribution in [-0.2, 0) is 27.5 Å². The lowest BCUT2D eigenvalue weighted by Crippen LogP contribution is -2.60. The summed E-state index contributed by atoms with van der Waals surface area (Å²) >= 11 is 0.